The number of nitrogens with zero attached hydrogens (tertiary/aromatic N) is 2. The topological polar surface area (TPSA) is 43.8 Å². The van der Waals surface area contributed by atoms with Gasteiger partial charge in [0.2, 0.25) is 0 Å². The van der Waals surface area contributed by atoms with Crippen molar-refractivity contribution in [1.82, 2.24) is 9.88 Å². The Hall–Kier alpha value is -2.57. The Morgan fingerprint density at radius 3 is 2.38 bits per heavy atom. The number of thiazole rings is 1. The molecule has 0 fully saturated rings. The molecular formula is C23H28N2O3S. The summed E-state index contributed by atoms with van der Waals surface area (Å²) < 4.78 is 16.6. The van der Waals surface area contributed by atoms with Crippen molar-refractivity contribution in [2.75, 3.05) is 27.4 Å². The highest BCUT2D eigenvalue weighted by Gasteiger charge is 2.11. The van der Waals surface area contributed by atoms with Gasteiger partial charge in [0.15, 0.2) is 11.5 Å². The second kappa shape index (κ2) is 10.3. The molecule has 0 saturated heterocycles. The normalized spacial score (nSPS) is 10.9. The molecule has 154 valence electrons. The van der Waals surface area contributed by atoms with Gasteiger partial charge in [0.05, 0.1) is 26.0 Å². The predicted octanol–water partition coefficient (Wildman–Crippen LogP) is 5.25. The van der Waals surface area contributed by atoms with Crippen LogP contribution in [0.4, 0.5) is 0 Å². The first-order valence-corrected chi connectivity index (χ1v) is 10.7. The molecule has 0 spiro atoms. The Morgan fingerprint density at radius 1 is 0.931 bits per heavy atom. The molecule has 0 bridgehead atoms. The Morgan fingerprint density at radius 2 is 1.69 bits per heavy atom. The standard InChI is InChI=1S/C23H28N2O3S/c1-5-27-20-10-7-17(8-11-20)14-25(3)15-19-16-29-23(24-19)18-9-12-21(28-6-2)22(13-18)26-4/h7-13,16H,5-6,14-15H2,1-4H3. The van der Waals surface area contributed by atoms with Crippen LogP contribution in [0.2, 0.25) is 0 Å². The second-order valence-electron chi connectivity index (χ2n) is 6.69. The van der Waals surface area contributed by atoms with Crippen LogP contribution in [0.25, 0.3) is 10.6 Å². The summed E-state index contributed by atoms with van der Waals surface area (Å²) in [6.45, 7) is 6.90. The van der Waals surface area contributed by atoms with Crippen molar-refractivity contribution in [3.63, 3.8) is 0 Å². The van der Waals surface area contributed by atoms with Crippen LogP contribution in [0.1, 0.15) is 25.1 Å². The summed E-state index contributed by atoms with van der Waals surface area (Å²) in [6.07, 6.45) is 0. The lowest BCUT2D eigenvalue weighted by Crippen LogP contribution is -2.17. The average Bonchev–Trinajstić information content (AvgIpc) is 3.18. The Kier molecular flexibility index (Phi) is 7.49. The number of hydrogen-bond donors (Lipinski definition) is 0. The van der Waals surface area contributed by atoms with Gasteiger partial charge in [-0.2, -0.15) is 0 Å². The summed E-state index contributed by atoms with van der Waals surface area (Å²) in [5.41, 5.74) is 3.35. The number of methoxy groups -OCH3 is 1. The Balaban J connectivity index is 1.63. The van der Waals surface area contributed by atoms with Crippen LogP contribution >= 0.6 is 11.3 Å². The van der Waals surface area contributed by atoms with E-state index in [9.17, 15) is 0 Å². The molecule has 1 heterocycles. The molecule has 0 aliphatic heterocycles. The van der Waals surface area contributed by atoms with Gasteiger partial charge >= 0.3 is 0 Å². The van der Waals surface area contributed by atoms with E-state index >= 15 is 0 Å². The zero-order valence-corrected chi connectivity index (χ0v) is 18.3. The lowest BCUT2D eigenvalue weighted by molar-refractivity contribution is 0.311. The number of hydrogen-bond acceptors (Lipinski definition) is 6. The van der Waals surface area contributed by atoms with Gasteiger partial charge in [0.25, 0.3) is 0 Å². The molecule has 0 unspecified atom stereocenters. The summed E-state index contributed by atoms with van der Waals surface area (Å²) in [6, 6.07) is 14.2. The molecule has 0 radical (unpaired) electrons. The van der Waals surface area contributed by atoms with Gasteiger partial charge in [0.1, 0.15) is 10.8 Å². The summed E-state index contributed by atoms with van der Waals surface area (Å²) in [7, 11) is 3.76. The van der Waals surface area contributed by atoms with E-state index in [1.807, 2.05) is 44.2 Å². The largest absolute Gasteiger partial charge is 0.494 e. The fraction of sp³-hybridized carbons (Fsp3) is 0.348. The van der Waals surface area contributed by atoms with Crippen molar-refractivity contribution in [2.45, 2.75) is 26.9 Å². The highest BCUT2D eigenvalue weighted by atomic mass is 32.1. The van der Waals surface area contributed by atoms with Crippen LogP contribution in [0, 0.1) is 0 Å². The van der Waals surface area contributed by atoms with Gasteiger partial charge in [-0.3, -0.25) is 4.90 Å². The number of aromatic nitrogens is 1. The summed E-state index contributed by atoms with van der Waals surface area (Å²) in [4.78, 5) is 7.07. The summed E-state index contributed by atoms with van der Waals surface area (Å²) >= 11 is 1.65. The molecule has 3 rings (SSSR count). The van der Waals surface area contributed by atoms with Crippen molar-refractivity contribution < 1.29 is 14.2 Å². The maximum atomic E-state index is 5.60. The molecule has 1 aromatic heterocycles. The molecular weight excluding hydrogens is 384 g/mol. The average molecular weight is 413 g/mol. The van der Waals surface area contributed by atoms with E-state index in [2.05, 4.69) is 29.5 Å². The monoisotopic (exact) mass is 412 g/mol. The number of rotatable bonds is 10. The molecule has 0 aliphatic rings. The third-order valence-corrected chi connectivity index (χ3v) is 5.32. The van der Waals surface area contributed by atoms with Crippen LogP contribution in [0.5, 0.6) is 17.2 Å². The van der Waals surface area contributed by atoms with Gasteiger partial charge in [-0.05, 0) is 56.8 Å². The third-order valence-electron chi connectivity index (χ3n) is 4.38. The van der Waals surface area contributed by atoms with E-state index in [-0.39, 0.29) is 0 Å². The molecule has 6 heteroatoms. The van der Waals surface area contributed by atoms with Crippen LogP contribution < -0.4 is 14.2 Å². The highest BCUT2D eigenvalue weighted by molar-refractivity contribution is 7.13. The molecule has 2 aromatic carbocycles. The molecule has 0 aliphatic carbocycles. The van der Waals surface area contributed by atoms with Gasteiger partial charge in [-0.25, -0.2) is 4.98 Å². The van der Waals surface area contributed by atoms with E-state index in [0.717, 1.165) is 46.6 Å². The van der Waals surface area contributed by atoms with E-state index in [4.69, 9.17) is 19.2 Å². The maximum absolute atomic E-state index is 5.60. The molecule has 0 saturated carbocycles. The highest BCUT2D eigenvalue weighted by Crippen LogP contribution is 2.34. The number of ether oxygens (including phenoxy) is 3. The zero-order chi connectivity index (χ0) is 20.6. The summed E-state index contributed by atoms with van der Waals surface area (Å²) in [5, 5.41) is 3.10. The fourth-order valence-corrected chi connectivity index (χ4v) is 3.90. The lowest BCUT2D eigenvalue weighted by atomic mass is 10.2. The van der Waals surface area contributed by atoms with E-state index in [1.165, 1.54) is 5.56 Å². The molecule has 5 nitrogen and oxygen atoms in total. The van der Waals surface area contributed by atoms with Crippen molar-refractivity contribution in [2.24, 2.45) is 0 Å². The van der Waals surface area contributed by atoms with Crippen molar-refractivity contribution >= 4 is 11.3 Å². The minimum atomic E-state index is 0.609. The van der Waals surface area contributed by atoms with Gasteiger partial charge in [-0.15, -0.1) is 11.3 Å². The van der Waals surface area contributed by atoms with Gasteiger partial charge < -0.3 is 14.2 Å². The van der Waals surface area contributed by atoms with Crippen LogP contribution in [0.3, 0.4) is 0 Å². The van der Waals surface area contributed by atoms with Crippen molar-refractivity contribution in [3.8, 4) is 27.8 Å². The SMILES string of the molecule is CCOc1ccc(CN(C)Cc2csc(-c3ccc(OCC)c(OC)c3)n2)cc1. The van der Waals surface area contributed by atoms with Crippen molar-refractivity contribution in [3.05, 3.63) is 59.1 Å². The second-order valence-corrected chi connectivity index (χ2v) is 7.55. The third kappa shape index (κ3) is 5.71. The van der Waals surface area contributed by atoms with Gasteiger partial charge in [0, 0.05) is 24.0 Å². The minimum absolute atomic E-state index is 0.609. The molecule has 3 aromatic rings. The molecule has 0 N–H and O–H groups in total. The molecule has 29 heavy (non-hydrogen) atoms. The summed E-state index contributed by atoms with van der Waals surface area (Å²) in [5.74, 6) is 2.40. The quantitative estimate of drug-likeness (QED) is 0.455. The van der Waals surface area contributed by atoms with Crippen molar-refractivity contribution in [1.29, 1.82) is 0 Å². The van der Waals surface area contributed by atoms with Crippen LogP contribution in [-0.2, 0) is 13.1 Å². The minimum Gasteiger partial charge on any atom is -0.494 e. The van der Waals surface area contributed by atoms with E-state index in [1.54, 1.807) is 18.4 Å². The van der Waals surface area contributed by atoms with E-state index < -0.39 is 0 Å². The fourth-order valence-electron chi connectivity index (χ4n) is 3.09. The first-order valence-electron chi connectivity index (χ1n) is 9.78. The Bertz CT molecular complexity index is 909. The zero-order valence-electron chi connectivity index (χ0n) is 17.5. The van der Waals surface area contributed by atoms with Crippen LogP contribution in [0.15, 0.2) is 47.8 Å². The van der Waals surface area contributed by atoms with Gasteiger partial charge in [-0.1, -0.05) is 12.1 Å². The Labute approximate surface area is 176 Å². The first-order chi connectivity index (χ1) is 14.1. The number of benzene rings is 2. The first kappa shape index (κ1) is 21.1. The molecule has 0 amide bonds. The van der Waals surface area contributed by atoms with E-state index in [0.29, 0.717) is 13.2 Å². The lowest BCUT2D eigenvalue weighted by Gasteiger charge is -2.15. The predicted molar refractivity (Wildman–Crippen MR) is 118 cm³/mol. The maximum Gasteiger partial charge on any atom is 0.161 e. The smallest absolute Gasteiger partial charge is 0.161 e. The van der Waals surface area contributed by atoms with Crippen LogP contribution in [-0.4, -0.2) is 37.3 Å². The molecule has 0 atom stereocenters.